The number of likely N-dealkylation sites (tertiary alicyclic amines) is 1. The fraction of sp³-hybridized carbons (Fsp3) is 0.227. The van der Waals surface area contributed by atoms with E-state index in [0.717, 1.165) is 5.56 Å². The second kappa shape index (κ2) is 9.84. The Morgan fingerprint density at radius 2 is 1.81 bits per heavy atom. The number of carbonyl (C=O) groups is 3. The maximum atomic E-state index is 12.7. The first kappa shape index (κ1) is 21.9. The highest BCUT2D eigenvalue weighted by atomic mass is 19.3. The van der Waals surface area contributed by atoms with E-state index in [1.165, 1.54) is 36.3 Å². The van der Waals surface area contributed by atoms with Gasteiger partial charge in [-0.05, 0) is 29.8 Å². The monoisotopic (exact) mass is 430 g/mol. The smallest absolute Gasteiger partial charge is 0.387 e. The lowest BCUT2D eigenvalue weighted by Crippen LogP contribution is -2.28. The Morgan fingerprint density at radius 1 is 1.13 bits per heavy atom. The van der Waals surface area contributed by atoms with Crippen LogP contribution < -0.4 is 14.8 Å². The van der Waals surface area contributed by atoms with Crippen LogP contribution in [0.25, 0.3) is 6.08 Å². The Hall–Kier alpha value is -3.75. The van der Waals surface area contributed by atoms with Gasteiger partial charge < -0.3 is 14.8 Å². The van der Waals surface area contributed by atoms with Crippen LogP contribution in [0.4, 0.5) is 14.5 Å². The number of ether oxygens (including phenoxy) is 2. The number of nitrogens with one attached hydrogen (secondary N) is 1. The maximum Gasteiger partial charge on any atom is 0.387 e. The lowest BCUT2D eigenvalue weighted by atomic mass is 10.1. The average molecular weight is 430 g/mol. The van der Waals surface area contributed by atoms with Gasteiger partial charge >= 0.3 is 6.61 Å². The fourth-order valence-electron chi connectivity index (χ4n) is 3.06. The molecule has 3 rings (SSSR count). The van der Waals surface area contributed by atoms with Crippen LogP contribution >= 0.6 is 0 Å². The molecule has 1 saturated heterocycles. The topological polar surface area (TPSA) is 84.9 Å². The number of benzene rings is 2. The zero-order valence-corrected chi connectivity index (χ0v) is 16.6. The predicted molar refractivity (Wildman–Crippen MR) is 109 cm³/mol. The molecule has 162 valence electrons. The van der Waals surface area contributed by atoms with Crippen LogP contribution in [0.15, 0.2) is 48.5 Å². The van der Waals surface area contributed by atoms with Crippen molar-refractivity contribution in [2.45, 2.75) is 26.0 Å². The summed E-state index contributed by atoms with van der Waals surface area (Å²) in [5, 5.41) is 2.65. The predicted octanol–water partition coefficient (Wildman–Crippen LogP) is 3.60. The molecule has 3 amide bonds. The van der Waals surface area contributed by atoms with E-state index in [-0.39, 0.29) is 48.3 Å². The number of para-hydroxylation sites is 1. The summed E-state index contributed by atoms with van der Waals surface area (Å²) in [5.41, 5.74) is 1.50. The van der Waals surface area contributed by atoms with E-state index >= 15 is 0 Å². The first-order valence-corrected chi connectivity index (χ1v) is 9.40. The number of hydrogen-bond acceptors (Lipinski definition) is 5. The molecule has 0 aliphatic carbocycles. The average Bonchev–Trinajstić information content (AvgIpc) is 3.06. The van der Waals surface area contributed by atoms with E-state index in [1.807, 2.05) is 0 Å². The zero-order valence-electron chi connectivity index (χ0n) is 16.6. The lowest BCUT2D eigenvalue weighted by molar-refractivity contribution is -0.139. The van der Waals surface area contributed by atoms with E-state index in [2.05, 4.69) is 10.1 Å². The number of hydrogen-bond donors (Lipinski definition) is 1. The Morgan fingerprint density at radius 3 is 2.42 bits per heavy atom. The van der Waals surface area contributed by atoms with Gasteiger partial charge in [0.05, 0.1) is 13.7 Å². The third-order valence-electron chi connectivity index (χ3n) is 4.57. The molecule has 2 aromatic rings. The molecule has 9 heteroatoms. The maximum absolute atomic E-state index is 12.7. The van der Waals surface area contributed by atoms with E-state index in [1.54, 1.807) is 30.3 Å². The lowest BCUT2D eigenvalue weighted by Gasteiger charge is -2.14. The number of carbonyl (C=O) groups excluding carboxylic acids is 3. The van der Waals surface area contributed by atoms with Gasteiger partial charge in [0.25, 0.3) is 0 Å². The molecular formula is C22H20F2N2O5. The van der Waals surface area contributed by atoms with E-state index in [0.29, 0.717) is 5.69 Å². The fourth-order valence-corrected chi connectivity index (χ4v) is 3.06. The second-order valence-corrected chi connectivity index (χ2v) is 6.65. The molecule has 1 heterocycles. The van der Waals surface area contributed by atoms with Crippen molar-refractivity contribution in [2.24, 2.45) is 0 Å². The highest BCUT2D eigenvalue weighted by molar-refractivity contribution is 6.02. The second-order valence-electron chi connectivity index (χ2n) is 6.65. The number of alkyl halides is 2. The minimum absolute atomic E-state index is 0.119. The molecular weight excluding hydrogens is 410 g/mol. The molecule has 1 N–H and O–H groups in total. The minimum Gasteiger partial charge on any atom is -0.493 e. The van der Waals surface area contributed by atoms with Crippen molar-refractivity contribution in [1.29, 1.82) is 0 Å². The van der Waals surface area contributed by atoms with Crippen molar-refractivity contribution in [2.75, 3.05) is 12.4 Å². The quantitative estimate of drug-likeness (QED) is 0.511. The molecule has 7 nitrogen and oxygen atoms in total. The third-order valence-corrected chi connectivity index (χ3v) is 4.57. The normalized spacial score (nSPS) is 13.9. The summed E-state index contributed by atoms with van der Waals surface area (Å²) in [6.07, 6.45) is 2.99. The molecule has 0 saturated carbocycles. The number of imide groups is 1. The van der Waals surface area contributed by atoms with Gasteiger partial charge in [-0.3, -0.25) is 19.3 Å². The van der Waals surface area contributed by atoms with Gasteiger partial charge in [0, 0.05) is 30.2 Å². The molecule has 0 atom stereocenters. The summed E-state index contributed by atoms with van der Waals surface area (Å²) in [6.45, 7) is -2.85. The summed E-state index contributed by atoms with van der Waals surface area (Å²) >= 11 is 0. The molecule has 0 unspecified atom stereocenters. The molecule has 0 aromatic heterocycles. The molecule has 0 bridgehead atoms. The molecule has 2 aromatic carbocycles. The SMILES string of the molecule is COc1cccc(/C=C/C(=O)Nc2ccc(CN3C(=O)CCC3=O)cc2)c1OC(F)F. The van der Waals surface area contributed by atoms with Crippen molar-refractivity contribution >= 4 is 29.5 Å². The Balaban J connectivity index is 1.64. The van der Waals surface area contributed by atoms with Gasteiger partial charge in [-0.15, -0.1) is 0 Å². The van der Waals surface area contributed by atoms with Gasteiger partial charge in [0.2, 0.25) is 17.7 Å². The first-order chi connectivity index (χ1) is 14.9. The van der Waals surface area contributed by atoms with Crippen molar-refractivity contribution in [3.63, 3.8) is 0 Å². The summed E-state index contributed by atoms with van der Waals surface area (Å²) in [7, 11) is 1.33. The first-order valence-electron chi connectivity index (χ1n) is 9.40. The third kappa shape index (κ3) is 5.65. The summed E-state index contributed by atoms with van der Waals surface area (Å²) in [5.74, 6) is -0.920. The van der Waals surface area contributed by atoms with Gasteiger partial charge in [0.15, 0.2) is 11.5 Å². The number of methoxy groups -OCH3 is 1. The van der Waals surface area contributed by atoms with E-state index < -0.39 is 12.5 Å². The largest absolute Gasteiger partial charge is 0.493 e. The number of anilines is 1. The standard InChI is InChI=1S/C22H20F2N2O5/c1-30-17-4-2-3-15(21(17)31-22(23)24)7-10-18(27)25-16-8-5-14(6-9-16)13-26-19(28)11-12-20(26)29/h2-10,22H,11-13H2,1H3,(H,25,27)/b10-7+. The zero-order chi connectivity index (χ0) is 22.4. The van der Waals surface area contributed by atoms with Crippen LogP contribution in [0.1, 0.15) is 24.0 Å². The highest BCUT2D eigenvalue weighted by Crippen LogP contribution is 2.33. The minimum atomic E-state index is -3.04. The van der Waals surface area contributed by atoms with Crippen molar-refractivity contribution in [1.82, 2.24) is 4.90 Å². The van der Waals surface area contributed by atoms with Crippen LogP contribution in [0.5, 0.6) is 11.5 Å². The Bertz CT molecular complexity index is 989. The van der Waals surface area contributed by atoms with Crippen LogP contribution in [0.3, 0.4) is 0 Å². The van der Waals surface area contributed by atoms with Crippen LogP contribution in [0.2, 0.25) is 0 Å². The summed E-state index contributed by atoms with van der Waals surface area (Å²) in [6, 6.07) is 11.3. The molecule has 1 aliphatic heterocycles. The molecule has 1 aliphatic rings. The molecule has 31 heavy (non-hydrogen) atoms. The van der Waals surface area contributed by atoms with Crippen LogP contribution in [0, 0.1) is 0 Å². The highest BCUT2D eigenvalue weighted by Gasteiger charge is 2.28. The van der Waals surface area contributed by atoms with Crippen molar-refractivity contribution in [3.8, 4) is 11.5 Å². The number of halogens is 2. The summed E-state index contributed by atoms with van der Waals surface area (Å²) in [4.78, 5) is 36.8. The summed E-state index contributed by atoms with van der Waals surface area (Å²) < 4.78 is 34.9. The van der Waals surface area contributed by atoms with Crippen LogP contribution in [-0.2, 0) is 20.9 Å². The van der Waals surface area contributed by atoms with Gasteiger partial charge in [-0.2, -0.15) is 8.78 Å². The number of nitrogens with zero attached hydrogens (tertiary/aromatic N) is 1. The van der Waals surface area contributed by atoms with Crippen molar-refractivity contribution < 1.29 is 32.6 Å². The molecule has 0 spiro atoms. The Labute approximate surface area is 177 Å². The molecule has 0 radical (unpaired) electrons. The number of amides is 3. The van der Waals surface area contributed by atoms with E-state index in [4.69, 9.17) is 4.74 Å². The van der Waals surface area contributed by atoms with Crippen LogP contribution in [-0.4, -0.2) is 36.3 Å². The number of rotatable bonds is 8. The van der Waals surface area contributed by atoms with E-state index in [9.17, 15) is 23.2 Å². The molecule has 1 fully saturated rings. The van der Waals surface area contributed by atoms with Gasteiger partial charge in [-0.25, -0.2) is 0 Å². The van der Waals surface area contributed by atoms with Gasteiger partial charge in [0.1, 0.15) is 0 Å². The Kier molecular flexibility index (Phi) is 6.96. The van der Waals surface area contributed by atoms with Crippen molar-refractivity contribution in [3.05, 3.63) is 59.7 Å². The van der Waals surface area contributed by atoms with Gasteiger partial charge in [-0.1, -0.05) is 24.3 Å².